The summed E-state index contributed by atoms with van der Waals surface area (Å²) in [5, 5.41) is 54.2. The molecule has 2 aliphatic heterocycles. The Morgan fingerprint density at radius 1 is 0.750 bits per heavy atom. The lowest BCUT2D eigenvalue weighted by Crippen LogP contribution is -2.82. The van der Waals surface area contributed by atoms with E-state index in [0.29, 0.717) is 0 Å². The van der Waals surface area contributed by atoms with Crippen LogP contribution >= 0.6 is 0 Å². The van der Waals surface area contributed by atoms with Crippen LogP contribution < -0.4 is 21.2 Å². The van der Waals surface area contributed by atoms with Crippen molar-refractivity contribution in [3.8, 4) is 28.2 Å². The number of hydrogen-bond donors (Lipinski definition) is 5. The summed E-state index contributed by atoms with van der Waals surface area (Å²) in [6.45, 7) is 6.72. The fraction of sp³-hybridized carbons (Fsp3) is 0.324. The Morgan fingerprint density at radius 3 is 2.03 bits per heavy atom. The van der Waals surface area contributed by atoms with Crippen molar-refractivity contribution in [2.24, 2.45) is 16.7 Å². The van der Waals surface area contributed by atoms with Gasteiger partial charge in [-0.3, -0.25) is 33.6 Å². The molecule has 498 valence electrons. The van der Waals surface area contributed by atoms with Crippen LogP contribution in [0.4, 0.5) is 8.78 Å². The summed E-state index contributed by atoms with van der Waals surface area (Å²) < 4.78 is 72.9. The van der Waals surface area contributed by atoms with E-state index in [-0.39, 0.29) is 66.8 Å². The van der Waals surface area contributed by atoms with E-state index >= 15 is 4.79 Å². The van der Waals surface area contributed by atoms with Crippen LogP contribution in [0.1, 0.15) is 114 Å². The summed E-state index contributed by atoms with van der Waals surface area (Å²) in [6, 6.07) is 28.3. The maximum atomic E-state index is 16.5. The number of carbonyl (C=O) groups excluding carboxylic acids is 8. The van der Waals surface area contributed by atoms with Crippen LogP contribution in [0.5, 0.6) is 5.75 Å². The predicted molar refractivity (Wildman–Crippen MR) is 329 cm³/mol. The molecule has 11 rings (SSSR count). The lowest BCUT2D eigenvalue weighted by molar-refractivity contribution is -0.346. The van der Waals surface area contributed by atoms with Gasteiger partial charge >= 0.3 is 35.8 Å². The monoisotopic (exact) mass is 1320 g/mol. The number of aromatic carboxylic acids is 1. The molecule has 5 aromatic rings. The number of nitrogens with one attached hydrogen (secondary N) is 2. The average Bonchev–Trinajstić information content (AvgIpc) is 0.668. The summed E-state index contributed by atoms with van der Waals surface area (Å²) in [5.74, 6) is -15.5. The number of carboxylic acids is 1. The van der Waals surface area contributed by atoms with Crippen molar-refractivity contribution in [1.29, 1.82) is 0 Å². The van der Waals surface area contributed by atoms with Crippen LogP contribution in [-0.4, -0.2) is 130 Å². The second kappa shape index (κ2) is 25.7. The molecule has 11 atom stereocenters. The van der Waals surface area contributed by atoms with Crippen molar-refractivity contribution in [3.63, 3.8) is 0 Å². The van der Waals surface area contributed by atoms with E-state index < -0.39 is 185 Å². The minimum Gasteiger partial charge on any atom is -0.870 e. The molecule has 25 heteroatoms. The van der Waals surface area contributed by atoms with Gasteiger partial charge in [0.15, 0.2) is 29.4 Å². The first-order chi connectivity index (χ1) is 45.5. The zero-order chi connectivity index (χ0) is 69.1. The zero-order valence-corrected chi connectivity index (χ0v) is 52.3. The summed E-state index contributed by atoms with van der Waals surface area (Å²) >= 11 is 0. The largest absolute Gasteiger partial charge is 0.870 e. The molecule has 96 heavy (non-hydrogen) atoms. The Balaban J connectivity index is 0.948. The number of hydrogen-bond acceptors (Lipinski definition) is 20. The summed E-state index contributed by atoms with van der Waals surface area (Å²) in [7, 11) is 0. The quantitative estimate of drug-likeness (QED) is 0.0264. The van der Waals surface area contributed by atoms with Crippen LogP contribution in [0.3, 0.4) is 0 Å². The van der Waals surface area contributed by atoms with E-state index in [1.807, 2.05) is 0 Å². The van der Waals surface area contributed by atoms with Gasteiger partial charge in [0.05, 0.1) is 41.5 Å². The Bertz CT molecular complexity index is 4400. The standard InChI is InChI=1S/C71H64F2N2O21/c1-34-51(93-67(88)58(81)57(37-16-10-7-11-17-37)75-64(84)38-18-12-8-13-19-38)32-71(89)62(95-66(87)39-20-14-9-15-21-39)60-69(6,61(82)59(91-35(2)76)56(34)68(71,4)5)52(31-53-70(60,33-90-53)96-36(3)77)94-54(80)24-25-74-63(83)40-22-23-41(42(26-40)65(85)86)55-43-27-45(72)47(78)29-49(43)92-50-30-48(79)46(73)28-44(50)55/h7-23,26-30,51-53,57-60,62,78,81,89H,24-25,31-33H2,1-6H3,(H,74,83)(H,75,84)(H,85,86)/p-1/t51-,52-,53+,57-,58+,59+,60?,62-,69+,70-,71+/m0/s1. The SMILES string of the molecule is CC(=O)O[C@H]1C(=O)[C@@]2(C)C([C@H](OC(=O)c3ccccc3)[C@]3(O)C[C@H](OC(=O)[C@H](O)[C@@H](NC(=O)c4ccccc4)c4ccccc4)C(C)=C1C3(C)C)[C@]1(OC(C)=O)CO[C@@H]1C[C@@H]2OC(=O)CCNC(=O)c1ccc(-c2c3cc(F)c(=O)cc-3oc3cc([O-])c(F)cc23)c(C(=O)O)c1. The molecule has 4 aliphatic carbocycles. The van der Waals surface area contributed by atoms with Crippen LogP contribution in [0, 0.1) is 28.4 Å². The highest BCUT2D eigenvalue weighted by Crippen LogP contribution is 2.65. The van der Waals surface area contributed by atoms with Crippen LogP contribution in [0.2, 0.25) is 0 Å². The summed E-state index contributed by atoms with van der Waals surface area (Å²) in [5.41, 5.74) is -11.5. The number of fused-ring (bicyclic) bond motifs is 7. The van der Waals surface area contributed by atoms with Gasteiger partial charge in [-0.15, -0.1) is 0 Å². The zero-order valence-electron chi connectivity index (χ0n) is 52.3. The summed E-state index contributed by atoms with van der Waals surface area (Å²) in [6.07, 6.45) is -12.8. The minimum absolute atomic E-state index is 0.0240. The molecule has 0 spiro atoms. The number of esters is 5. The van der Waals surface area contributed by atoms with Crippen molar-refractivity contribution >= 4 is 64.4 Å². The Labute approximate surface area is 545 Å². The van der Waals surface area contributed by atoms with Gasteiger partial charge in [0.2, 0.25) is 5.43 Å². The van der Waals surface area contributed by atoms with E-state index in [0.717, 1.165) is 50.2 Å². The molecule has 5 aromatic carbocycles. The fourth-order valence-corrected chi connectivity index (χ4v) is 14.2. The molecule has 0 radical (unpaired) electrons. The van der Waals surface area contributed by atoms with Crippen molar-refractivity contribution in [2.75, 3.05) is 13.2 Å². The van der Waals surface area contributed by atoms with Crippen LogP contribution in [-0.2, 0) is 52.4 Å². The second-order valence-electron chi connectivity index (χ2n) is 24.9. The van der Waals surface area contributed by atoms with Gasteiger partial charge in [-0.05, 0) is 90.7 Å². The van der Waals surface area contributed by atoms with Crippen molar-refractivity contribution in [2.45, 2.75) is 115 Å². The van der Waals surface area contributed by atoms with E-state index in [1.165, 1.54) is 70.2 Å². The van der Waals surface area contributed by atoms with Gasteiger partial charge in [0, 0.05) is 72.4 Å². The van der Waals surface area contributed by atoms with E-state index in [2.05, 4.69) is 10.6 Å². The number of Topliss-reactive ketones (excluding diaryl/α,β-unsaturated/α-hetero) is 1. The smallest absolute Gasteiger partial charge is 0.338 e. The third-order valence-electron chi connectivity index (χ3n) is 18.9. The van der Waals surface area contributed by atoms with Crippen LogP contribution in [0.25, 0.3) is 33.4 Å². The van der Waals surface area contributed by atoms with E-state index in [9.17, 15) is 72.4 Å². The maximum Gasteiger partial charge on any atom is 0.338 e. The highest BCUT2D eigenvalue weighted by Gasteiger charge is 2.79. The number of benzene rings is 6. The van der Waals surface area contributed by atoms with Crippen molar-refractivity contribution in [3.05, 3.63) is 194 Å². The van der Waals surface area contributed by atoms with Gasteiger partial charge in [0.1, 0.15) is 47.2 Å². The number of halogens is 2. The number of aliphatic hydroxyl groups is 2. The third-order valence-corrected chi connectivity index (χ3v) is 18.9. The molecule has 2 saturated carbocycles. The highest BCUT2D eigenvalue weighted by atomic mass is 19.1. The van der Waals surface area contributed by atoms with Gasteiger partial charge in [-0.1, -0.05) is 92.4 Å². The molecule has 6 aliphatic rings. The predicted octanol–water partition coefficient (Wildman–Crippen LogP) is 7.03. The molecule has 1 unspecified atom stereocenters. The molecular weight excluding hydrogens is 1250 g/mol. The molecule has 2 heterocycles. The van der Waals surface area contributed by atoms with Gasteiger partial charge in [-0.2, -0.15) is 0 Å². The average molecular weight is 1320 g/mol. The van der Waals surface area contributed by atoms with E-state index in [1.54, 1.807) is 54.6 Å². The molecule has 3 fully saturated rings. The third kappa shape index (κ3) is 11.8. The van der Waals surface area contributed by atoms with Crippen LogP contribution in [0.15, 0.2) is 154 Å². The minimum atomic E-state index is -2.63. The molecule has 1 saturated heterocycles. The molecule has 2 bridgehead atoms. The lowest BCUT2D eigenvalue weighted by atomic mass is 9.44. The number of ether oxygens (including phenoxy) is 6. The first-order valence-electron chi connectivity index (χ1n) is 30.4. The Morgan fingerprint density at radius 2 is 1.41 bits per heavy atom. The summed E-state index contributed by atoms with van der Waals surface area (Å²) in [4.78, 5) is 141. The van der Waals surface area contributed by atoms with E-state index in [4.69, 9.17) is 32.8 Å². The Kier molecular flexibility index (Phi) is 17.9. The van der Waals surface area contributed by atoms with Crippen molar-refractivity contribution in [1.82, 2.24) is 10.6 Å². The maximum absolute atomic E-state index is 16.5. The first-order valence-corrected chi connectivity index (χ1v) is 30.4. The molecule has 0 aromatic heterocycles. The molecule has 23 nitrogen and oxygen atoms in total. The Hall–Kier alpha value is -10.5. The molecular formula is C71H63F2N2O21-. The van der Waals surface area contributed by atoms with Gasteiger partial charge in [0.25, 0.3) is 11.8 Å². The number of carbonyl (C=O) groups is 9. The number of rotatable bonds is 17. The number of aliphatic hydroxyl groups excluding tert-OH is 1. The molecule has 5 N–H and O–H groups in total. The first kappa shape index (κ1) is 66.9. The normalized spacial score (nSPS) is 24.6. The fourth-order valence-electron chi connectivity index (χ4n) is 14.2. The number of ketones is 1. The van der Waals surface area contributed by atoms with Gasteiger partial charge in [-0.25, -0.2) is 23.2 Å². The number of carboxylic acid groups (broad SMARTS) is 1. The number of amides is 2. The van der Waals surface area contributed by atoms with Crippen molar-refractivity contribution < 1.29 is 105 Å². The second-order valence-corrected chi connectivity index (χ2v) is 24.9. The topological polar surface area (TPSA) is 347 Å². The molecule has 2 amide bonds. The lowest BCUT2D eigenvalue weighted by Gasteiger charge is -2.67. The highest BCUT2D eigenvalue weighted by molar-refractivity contribution is 6.09. The van der Waals surface area contributed by atoms with Gasteiger partial charge < -0.3 is 63.9 Å².